The molecular weight excluding hydrogens is 522 g/mol. The molecule has 1 aliphatic rings. The van der Waals surface area contributed by atoms with E-state index in [0.717, 1.165) is 28.9 Å². The molecule has 1 aromatic heterocycles. The first-order valence-corrected chi connectivity index (χ1v) is 12.9. The zero-order valence-electron chi connectivity index (χ0n) is 22.2. The summed E-state index contributed by atoms with van der Waals surface area (Å²) in [5.41, 5.74) is 2.64. The molecule has 40 heavy (non-hydrogen) atoms. The summed E-state index contributed by atoms with van der Waals surface area (Å²) in [4.78, 5) is 29.1. The molecule has 0 N–H and O–H groups in total. The number of alkyl halides is 3. The molecule has 0 saturated carbocycles. The molecule has 9 heteroatoms. The van der Waals surface area contributed by atoms with Crippen LogP contribution in [0.5, 0.6) is 0 Å². The highest BCUT2D eigenvalue weighted by Crippen LogP contribution is 2.47. The van der Waals surface area contributed by atoms with Gasteiger partial charge in [0.15, 0.2) is 5.78 Å². The predicted octanol–water partition coefficient (Wildman–Crippen LogP) is 7.03. The van der Waals surface area contributed by atoms with Crippen molar-refractivity contribution in [1.82, 2.24) is 9.78 Å². The van der Waals surface area contributed by atoms with Gasteiger partial charge in [-0.05, 0) is 62.2 Å². The van der Waals surface area contributed by atoms with Gasteiger partial charge in [-0.25, -0.2) is 9.07 Å². The summed E-state index contributed by atoms with van der Waals surface area (Å²) in [5, 5.41) is 4.80. The standard InChI is InChI=1S/C31H27F4N3O2/c1-4-37-29-27(19(3)36-38(29)25-11-6-5-8-18(25)2)28(20-12-14-23(32)15-13-20)24(30(37)40)17-26(39)21-9-7-10-22(16-21)31(33,34)35/h5-16,24,28H,4,17H2,1-3H3/t24-,28+/m0/s1. The summed E-state index contributed by atoms with van der Waals surface area (Å²) in [6, 6.07) is 17.6. The van der Waals surface area contributed by atoms with E-state index >= 15 is 0 Å². The number of fused-ring (bicyclic) bond motifs is 1. The van der Waals surface area contributed by atoms with Crippen molar-refractivity contribution in [2.75, 3.05) is 11.4 Å². The van der Waals surface area contributed by atoms with Crippen molar-refractivity contribution in [2.24, 2.45) is 5.92 Å². The maximum absolute atomic E-state index is 14.1. The van der Waals surface area contributed by atoms with Crippen LogP contribution < -0.4 is 4.90 Å². The molecule has 0 fully saturated rings. The Labute approximate surface area is 229 Å². The fourth-order valence-corrected chi connectivity index (χ4v) is 5.53. The van der Waals surface area contributed by atoms with Gasteiger partial charge in [0.2, 0.25) is 5.91 Å². The van der Waals surface area contributed by atoms with Gasteiger partial charge in [0.1, 0.15) is 11.6 Å². The number of benzene rings is 3. The summed E-state index contributed by atoms with van der Waals surface area (Å²) in [6.07, 6.45) is -4.93. The number of aryl methyl sites for hydroxylation is 2. The number of rotatable bonds is 6. The first-order chi connectivity index (χ1) is 19.0. The average Bonchev–Trinajstić information content (AvgIpc) is 3.26. The van der Waals surface area contributed by atoms with E-state index in [-0.39, 0.29) is 24.4 Å². The number of anilines is 1. The Bertz CT molecular complexity index is 1590. The SMILES string of the molecule is CCN1C(=O)[C@@H](CC(=O)c2cccc(C(F)(F)F)c2)[C@@H](c2ccc(F)cc2)c2c(C)nn(-c3ccccc3C)c21. The molecular formula is C31H27F4N3O2. The van der Waals surface area contributed by atoms with E-state index in [0.29, 0.717) is 17.1 Å². The molecule has 5 nitrogen and oxygen atoms in total. The zero-order valence-corrected chi connectivity index (χ0v) is 22.2. The normalized spacial score (nSPS) is 17.2. The summed E-state index contributed by atoms with van der Waals surface area (Å²) >= 11 is 0. The second-order valence-electron chi connectivity index (χ2n) is 9.95. The van der Waals surface area contributed by atoms with Crippen LogP contribution in [0, 0.1) is 25.6 Å². The number of halogens is 4. The van der Waals surface area contributed by atoms with Crippen molar-refractivity contribution >= 4 is 17.5 Å². The maximum Gasteiger partial charge on any atom is 0.416 e. The molecule has 2 heterocycles. The van der Waals surface area contributed by atoms with Crippen molar-refractivity contribution in [1.29, 1.82) is 0 Å². The first-order valence-electron chi connectivity index (χ1n) is 12.9. The van der Waals surface area contributed by atoms with Crippen LogP contribution in [0.15, 0.2) is 72.8 Å². The molecule has 1 aliphatic heterocycles. The maximum atomic E-state index is 14.1. The third kappa shape index (κ3) is 4.80. The van der Waals surface area contributed by atoms with Crippen molar-refractivity contribution in [2.45, 2.75) is 39.3 Å². The molecule has 0 aliphatic carbocycles. The number of carbonyl (C=O) groups excluding carboxylic acids is 2. The van der Waals surface area contributed by atoms with Crippen LogP contribution in [0.3, 0.4) is 0 Å². The minimum atomic E-state index is -4.61. The number of hydrogen-bond acceptors (Lipinski definition) is 3. The van der Waals surface area contributed by atoms with Gasteiger partial charge >= 0.3 is 6.18 Å². The second kappa shape index (κ2) is 10.4. The van der Waals surface area contributed by atoms with E-state index in [4.69, 9.17) is 5.10 Å². The summed E-state index contributed by atoms with van der Waals surface area (Å²) in [6.45, 7) is 5.86. The van der Waals surface area contributed by atoms with Crippen LogP contribution in [0.1, 0.15) is 57.6 Å². The van der Waals surface area contributed by atoms with Gasteiger partial charge in [-0.15, -0.1) is 0 Å². The molecule has 206 valence electrons. The average molecular weight is 550 g/mol. The van der Waals surface area contributed by atoms with Gasteiger partial charge in [-0.2, -0.15) is 18.3 Å². The fourth-order valence-electron chi connectivity index (χ4n) is 5.53. The van der Waals surface area contributed by atoms with Gasteiger partial charge in [0, 0.05) is 30.0 Å². The molecule has 0 spiro atoms. The van der Waals surface area contributed by atoms with E-state index in [2.05, 4.69) is 0 Å². The summed E-state index contributed by atoms with van der Waals surface area (Å²) in [7, 11) is 0. The minimum absolute atomic E-state index is 0.123. The van der Waals surface area contributed by atoms with Crippen LogP contribution in [0.2, 0.25) is 0 Å². The molecule has 2 atom stereocenters. The Morgan fingerprint density at radius 2 is 1.68 bits per heavy atom. The first kappa shape index (κ1) is 27.3. The fraction of sp³-hybridized carbons (Fsp3) is 0.258. The lowest BCUT2D eigenvalue weighted by atomic mass is 9.74. The van der Waals surface area contributed by atoms with E-state index < -0.39 is 35.2 Å². The third-order valence-electron chi connectivity index (χ3n) is 7.44. The number of para-hydroxylation sites is 1. The van der Waals surface area contributed by atoms with Gasteiger partial charge in [0.05, 0.1) is 22.9 Å². The molecule has 3 aromatic carbocycles. The number of aromatic nitrogens is 2. The van der Waals surface area contributed by atoms with Gasteiger partial charge < -0.3 is 0 Å². The number of carbonyl (C=O) groups is 2. The predicted molar refractivity (Wildman–Crippen MR) is 143 cm³/mol. The minimum Gasteiger partial charge on any atom is -0.296 e. The lowest BCUT2D eigenvalue weighted by Gasteiger charge is -2.38. The van der Waals surface area contributed by atoms with Crippen LogP contribution in [-0.4, -0.2) is 28.0 Å². The highest BCUT2D eigenvalue weighted by Gasteiger charge is 2.45. The van der Waals surface area contributed by atoms with E-state index in [1.54, 1.807) is 21.7 Å². The molecule has 5 rings (SSSR count). The smallest absolute Gasteiger partial charge is 0.296 e. The van der Waals surface area contributed by atoms with Crippen molar-refractivity contribution < 1.29 is 27.2 Å². The van der Waals surface area contributed by atoms with Crippen LogP contribution in [0.4, 0.5) is 23.4 Å². The summed E-state index contributed by atoms with van der Waals surface area (Å²) in [5.74, 6) is -2.42. The van der Waals surface area contributed by atoms with Crippen molar-refractivity contribution in [3.8, 4) is 5.69 Å². The molecule has 1 amide bonds. The zero-order chi connectivity index (χ0) is 28.8. The van der Waals surface area contributed by atoms with Gasteiger partial charge in [-0.3, -0.25) is 14.5 Å². The third-order valence-corrected chi connectivity index (χ3v) is 7.44. The Balaban J connectivity index is 1.67. The lowest BCUT2D eigenvalue weighted by Crippen LogP contribution is -2.45. The van der Waals surface area contributed by atoms with E-state index in [9.17, 15) is 27.2 Å². The molecule has 0 unspecified atom stereocenters. The Morgan fingerprint density at radius 3 is 2.33 bits per heavy atom. The van der Waals surface area contributed by atoms with Crippen molar-refractivity contribution in [3.05, 3.63) is 112 Å². The second-order valence-corrected chi connectivity index (χ2v) is 9.95. The lowest BCUT2D eigenvalue weighted by molar-refractivity contribution is -0.137. The quantitative estimate of drug-likeness (QED) is 0.192. The number of ketones is 1. The molecule has 0 saturated heterocycles. The highest BCUT2D eigenvalue weighted by molar-refractivity contribution is 6.04. The highest BCUT2D eigenvalue weighted by atomic mass is 19.4. The van der Waals surface area contributed by atoms with Crippen LogP contribution in [0.25, 0.3) is 5.69 Å². The van der Waals surface area contributed by atoms with Crippen LogP contribution in [-0.2, 0) is 11.0 Å². The number of hydrogen-bond donors (Lipinski definition) is 0. The number of amides is 1. The molecule has 4 aromatic rings. The largest absolute Gasteiger partial charge is 0.416 e. The van der Waals surface area contributed by atoms with Crippen molar-refractivity contribution in [3.63, 3.8) is 0 Å². The Kier molecular flexibility index (Phi) is 7.08. The van der Waals surface area contributed by atoms with Gasteiger partial charge in [-0.1, -0.05) is 42.5 Å². The topological polar surface area (TPSA) is 55.2 Å². The van der Waals surface area contributed by atoms with Crippen LogP contribution >= 0.6 is 0 Å². The number of nitrogens with zero attached hydrogens (tertiary/aromatic N) is 3. The Morgan fingerprint density at radius 1 is 0.975 bits per heavy atom. The Hall–Kier alpha value is -4.27. The van der Waals surface area contributed by atoms with E-state index in [1.165, 1.54) is 24.3 Å². The number of Topliss-reactive ketones (excluding diaryl/α,β-unsaturated/α-hetero) is 1. The van der Waals surface area contributed by atoms with E-state index in [1.807, 2.05) is 45.0 Å². The summed E-state index contributed by atoms with van der Waals surface area (Å²) < 4.78 is 55.6. The van der Waals surface area contributed by atoms with Gasteiger partial charge in [0.25, 0.3) is 0 Å². The monoisotopic (exact) mass is 549 g/mol. The molecule has 0 radical (unpaired) electrons. The molecule has 0 bridgehead atoms.